The van der Waals surface area contributed by atoms with Crippen LogP contribution in [0.15, 0.2) is 0 Å². The molecule has 96 valence electrons. The van der Waals surface area contributed by atoms with Crippen molar-refractivity contribution >= 4 is 5.91 Å². The highest BCUT2D eigenvalue weighted by Gasteiger charge is 2.27. The molecular weight excluding hydrogens is 208 g/mol. The van der Waals surface area contributed by atoms with Crippen molar-refractivity contribution in [2.75, 3.05) is 40.5 Å². The van der Waals surface area contributed by atoms with Gasteiger partial charge in [0.15, 0.2) is 0 Å². The molecule has 16 heavy (non-hydrogen) atoms. The average molecular weight is 232 g/mol. The van der Waals surface area contributed by atoms with E-state index in [0.717, 1.165) is 6.42 Å². The number of rotatable bonds is 8. The Kier molecular flexibility index (Phi) is 7.29. The quantitative estimate of drug-likeness (QED) is 0.609. The van der Waals surface area contributed by atoms with E-state index in [1.165, 1.54) is 0 Å². The lowest BCUT2D eigenvalue weighted by atomic mass is 10.1. The summed E-state index contributed by atoms with van der Waals surface area (Å²) in [5.41, 5.74) is 4.96. The van der Waals surface area contributed by atoms with Crippen LogP contribution in [0, 0.1) is 0 Å². The summed E-state index contributed by atoms with van der Waals surface area (Å²) < 4.78 is 9.94. The summed E-state index contributed by atoms with van der Waals surface area (Å²) in [6.07, 6.45) is 0.808. The first-order valence-corrected chi connectivity index (χ1v) is 5.49. The lowest BCUT2D eigenvalue weighted by Gasteiger charge is -2.29. The Morgan fingerprint density at radius 2 is 1.75 bits per heavy atom. The standard InChI is InChI=1S/C11H24N2O3/c1-11(2,12)10(14)13(7-9-16-4)6-5-8-15-3/h5-9,12H2,1-4H3. The van der Waals surface area contributed by atoms with Gasteiger partial charge in [0, 0.05) is 33.9 Å². The van der Waals surface area contributed by atoms with Crippen molar-refractivity contribution in [3.8, 4) is 0 Å². The zero-order valence-electron chi connectivity index (χ0n) is 10.8. The molecular formula is C11H24N2O3. The summed E-state index contributed by atoms with van der Waals surface area (Å²) in [6, 6.07) is 0. The molecule has 2 N–H and O–H groups in total. The summed E-state index contributed by atoms with van der Waals surface area (Å²) in [7, 11) is 3.26. The molecule has 0 rings (SSSR count). The van der Waals surface area contributed by atoms with E-state index in [-0.39, 0.29) is 5.91 Å². The van der Waals surface area contributed by atoms with Gasteiger partial charge < -0.3 is 20.1 Å². The number of hydrogen-bond acceptors (Lipinski definition) is 4. The number of ether oxygens (including phenoxy) is 2. The van der Waals surface area contributed by atoms with Crippen molar-refractivity contribution in [3.63, 3.8) is 0 Å². The Labute approximate surface area is 97.9 Å². The van der Waals surface area contributed by atoms with E-state index in [1.807, 2.05) is 0 Å². The van der Waals surface area contributed by atoms with Gasteiger partial charge in [-0.15, -0.1) is 0 Å². The Morgan fingerprint density at radius 3 is 2.19 bits per heavy atom. The third kappa shape index (κ3) is 6.05. The zero-order chi connectivity index (χ0) is 12.6. The lowest BCUT2D eigenvalue weighted by molar-refractivity contribution is -0.136. The first-order valence-electron chi connectivity index (χ1n) is 5.49. The molecule has 0 saturated heterocycles. The van der Waals surface area contributed by atoms with Crippen LogP contribution < -0.4 is 5.73 Å². The Balaban J connectivity index is 4.24. The minimum absolute atomic E-state index is 0.0550. The largest absolute Gasteiger partial charge is 0.385 e. The van der Waals surface area contributed by atoms with Gasteiger partial charge in [-0.25, -0.2) is 0 Å². The lowest BCUT2D eigenvalue weighted by Crippen LogP contribution is -2.52. The third-order valence-corrected chi connectivity index (χ3v) is 2.18. The molecule has 0 aromatic heterocycles. The topological polar surface area (TPSA) is 64.8 Å². The average Bonchev–Trinajstić information content (AvgIpc) is 2.21. The van der Waals surface area contributed by atoms with Gasteiger partial charge in [-0.05, 0) is 20.3 Å². The maximum atomic E-state index is 12.0. The van der Waals surface area contributed by atoms with Crippen LogP contribution in [0.5, 0.6) is 0 Å². The molecule has 0 aliphatic carbocycles. The number of hydrogen-bond donors (Lipinski definition) is 1. The minimum atomic E-state index is -0.833. The van der Waals surface area contributed by atoms with Crippen LogP contribution >= 0.6 is 0 Å². The van der Waals surface area contributed by atoms with Crippen molar-refractivity contribution in [2.45, 2.75) is 25.8 Å². The van der Waals surface area contributed by atoms with Gasteiger partial charge in [0.25, 0.3) is 0 Å². The summed E-state index contributed by atoms with van der Waals surface area (Å²) in [4.78, 5) is 13.7. The second-order valence-corrected chi connectivity index (χ2v) is 4.35. The fourth-order valence-corrected chi connectivity index (χ4v) is 1.32. The fraction of sp³-hybridized carbons (Fsp3) is 0.909. The molecule has 0 aliphatic rings. The molecule has 0 radical (unpaired) electrons. The van der Waals surface area contributed by atoms with Crippen molar-refractivity contribution in [1.82, 2.24) is 4.90 Å². The smallest absolute Gasteiger partial charge is 0.242 e. The SMILES string of the molecule is COCCCN(CCOC)C(=O)C(C)(C)N. The van der Waals surface area contributed by atoms with Gasteiger partial charge in [-0.3, -0.25) is 4.79 Å². The summed E-state index contributed by atoms with van der Waals surface area (Å²) >= 11 is 0. The molecule has 0 saturated carbocycles. The molecule has 5 heteroatoms. The van der Waals surface area contributed by atoms with E-state index >= 15 is 0 Å². The van der Waals surface area contributed by atoms with Gasteiger partial charge in [0.2, 0.25) is 5.91 Å². The monoisotopic (exact) mass is 232 g/mol. The molecule has 0 aromatic carbocycles. The van der Waals surface area contributed by atoms with Crippen LogP contribution in [0.25, 0.3) is 0 Å². The number of amides is 1. The van der Waals surface area contributed by atoms with Crippen LogP contribution in [0.3, 0.4) is 0 Å². The molecule has 0 aromatic rings. The van der Waals surface area contributed by atoms with Crippen molar-refractivity contribution in [1.29, 1.82) is 0 Å². The maximum Gasteiger partial charge on any atom is 0.242 e. The predicted octanol–water partition coefficient (Wildman–Crippen LogP) is 0.235. The molecule has 0 fully saturated rings. The van der Waals surface area contributed by atoms with Crippen LogP contribution in [0.1, 0.15) is 20.3 Å². The molecule has 0 aliphatic heterocycles. The van der Waals surface area contributed by atoms with E-state index in [2.05, 4.69) is 0 Å². The third-order valence-electron chi connectivity index (χ3n) is 2.18. The van der Waals surface area contributed by atoms with Crippen LogP contribution in [0.4, 0.5) is 0 Å². The molecule has 0 heterocycles. The van der Waals surface area contributed by atoms with E-state index in [4.69, 9.17) is 15.2 Å². The Hall–Kier alpha value is -0.650. The van der Waals surface area contributed by atoms with E-state index in [1.54, 1.807) is 33.0 Å². The van der Waals surface area contributed by atoms with E-state index < -0.39 is 5.54 Å². The maximum absolute atomic E-state index is 12.0. The van der Waals surface area contributed by atoms with Gasteiger partial charge in [-0.2, -0.15) is 0 Å². The Morgan fingerprint density at radius 1 is 1.19 bits per heavy atom. The van der Waals surface area contributed by atoms with Crippen LogP contribution in [0.2, 0.25) is 0 Å². The molecule has 0 unspecified atom stereocenters. The van der Waals surface area contributed by atoms with Crippen molar-refractivity contribution in [3.05, 3.63) is 0 Å². The summed E-state index contributed by atoms with van der Waals surface area (Å²) in [5.74, 6) is -0.0550. The number of carbonyl (C=O) groups is 1. The molecule has 5 nitrogen and oxygen atoms in total. The van der Waals surface area contributed by atoms with Crippen molar-refractivity contribution < 1.29 is 14.3 Å². The molecule has 0 bridgehead atoms. The Bertz CT molecular complexity index is 202. The normalized spacial score (nSPS) is 11.6. The van der Waals surface area contributed by atoms with Gasteiger partial charge in [0.1, 0.15) is 0 Å². The highest BCUT2D eigenvalue weighted by Crippen LogP contribution is 2.05. The first kappa shape index (κ1) is 15.3. The zero-order valence-corrected chi connectivity index (χ0v) is 10.8. The minimum Gasteiger partial charge on any atom is -0.385 e. The first-order chi connectivity index (χ1) is 7.43. The number of methoxy groups -OCH3 is 2. The second-order valence-electron chi connectivity index (χ2n) is 4.35. The van der Waals surface area contributed by atoms with Crippen LogP contribution in [-0.2, 0) is 14.3 Å². The summed E-state index contributed by atoms with van der Waals surface area (Å²) in [5, 5.41) is 0. The van der Waals surface area contributed by atoms with Gasteiger partial charge in [0.05, 0.1) is 12.1 Å². The second kappa shape index (κ2) is 7.60. The van der Waals surface area contributed by atoms with Gasteiger partial charge in [-0.1, -0.05) is 0 Å². The number of nitrogens with zero attached hydrogens (tertiary/aromatic N) is 1. The van der Waals surface area contributed by atoms with E-state index in [9.17, 15) is 4.79 Å². The predicted molar refractivity (Wildman–Crippen MR) is 63.2 cm³/mol. The highest BCUT2D eigenvalue weighted by molar-refractivity contribution is 5.85. The van der Waals surface area contributed by atoms with Gasteiger partial charge >= 0.3 is 0 Å². The summed E-state index contributed by atoms with van der Waals surface area (Å²) in [6.45, 7) is 5.81. The number of nitrogens with two attached hydrogens (primary N) is 1. The van der Waals surface area contributed by atoms with Crippen LogP contribution in [-0.4, -0.2) is 56.9 Å². The molecule has 0 atom stereocenters. The van der Waals surface area contributed by atoms with E-state index in [0.29, 0.717) is 26.3 Å². The highest BCUT2D eigenvalue weighted by atomic mass is 16.5. The number of carbonyl (C=O) groups excluding carboxylic acids is 1. The van der Waals surface area contributed by atoms with Crippen molar-refractivity contribution in [2.24, 2.45) is 5.73 Å². The molecule has 1 amide bonds. The molecule has 0 spiro atoms. The fourth-order valence-electron chi connectivity index (χ4n) is 1.32.